The Labute approximate surface area is 149 Å². The lowest BCUT2D eigenvalue weighted by Crippen LogP contribution is -2.41. The number of aromatic nitrogens is 2. The molecule has 1 atom stereocenters. The standard InChI is InChI=1S/C19H27N5O/c1-5-20-19(21-12-16-13(2)23-24(4)14(16)3)22-17-10-11-25-18-9-7-6-8-15(17)18/h6-9,17H,5,10-12H2,1-4H3,(H2,20,21,22). The van der Waals surface area contributed by atoms with Gasteiger partial charge in [-0.25, -0.2) is 4.99 Å². The van der Waals surface area contributed by atoms with Crippen molar-refractivity contribution >= 4 is 5.96 Å². The highest BCUT2D eigenvalue weighted by molar-refractivity contribution is 5.80. The molecule has 2 N–H and O–H groups in total. The van der Waals surface area contributed by atoms with E-state index in [1.165, 1.54) is 11.1 Å². The largest absolute Gasteiger partial charge is 0.493 e. The molecule has 0 radical (unpaired) electrons. The number of aryl methyl sites for hydroxylation is 2. The number of hydrogen-bond donors (Lipinski definition) is 2. The minimum absolute atomic E-state index is 0.207. The normalized spacial score (nSPS) is 17.0. The summed E-state index contributed by atoms with van der Waals surface area (Å²) in [7, 11) is 1.97. The van der Waals surface area contributed by atoms with Crippen LogP contribution in [0.2, 0.25) is 0 Å². The van der Waals surface area contributed by atoms with Crippen molar-refractivity contribution in [3.8, 4) is 5.75 Å². The topological polar surface area (TPSA) is 63.5 Å². The van der Waals surface area contributed by atoms with Crippen molar-refractivity contribution in [3.05, 3.63) is 46.8 Å². The lowest BCUT2D eigenvalue weighted by Gasteiger charge is -2.28. The predicted molar refractivity (Wildman–Crippen MR) is 99.9 cm³/mol. The first-order valence-corrected chi connectivity index (χ1v) is 8.85. The van der Waals surface area contributed by atoms with Crippen LogP contribution in [0.4, 0.5) is 0 Å². The molecule has 0 fully saturated rings. The van der Waals surface area contributed by atoms with E-state index in [2.05, 4.69) is 41.7 Å². The van der Waals surface area contributed by atoms with Gasteiger partial charge in [0.25, 0.3) is 0 Å². The zero-order chi connectivity index (χ0) is 17.8. The van der Waals surface area contributed by atoms with Crippen molar-refractivity contribution in [2.24, 2.45) is 12.0 Å². The fourth-order valence-electron chi connectivity index (χ4n) is 3.18. The second kappa shape index (κ2) is 7.59. The third-order valence-electron chi connectivity index (χ3n) is 4.67. The van der Waals surface area contributed by atoms with Gasteiger partial charge in [-0.3, -0.25) is 4.68 Å². The first-order valence-electron chi connectivity index (χ1n) is 8.85. The van der Waals surface area contributed by atoms with Crippen LogP contribution in [0, 0.1) is 13.8 Å². The van der Waals surface area contributed by atoms with Gasteiger partial charge in [-0.05, 0) is 26.8 Å². The number of aliphatic imine (C=N–C) groups is 1. The fourth-order valence-corrected chi connectivity index (χ4v) is 3.18. The molecular weight excluding hydrogens is 314 g/mol. The number of rotatable bonds is 4. The van der Waals surface area contributed by atoms with Gasteiger partial charge in [0, 0.05) is 36.8 Å². The molecule has 2 aromatic rings. The van der Waals surface area contributed by atoms with Gasteiger partial charge in [0.1, 0.15) is 5.75 Å². The monoisotopic (exact) mass is 341 g/mol. The summed E-state index contributed by atoms with van der Waals surface area (Å²) in [5.74, 6) is 1.79. The smallest absolute Gasteiger partial charge is 0.192 e. The average molecular weight is 341 g/mol. The first-order chi connectivity index (χ1) is 12.1. The van der Waals surface area contributed by atoms with E-state index in [0.29, 0.717) is 6.54 Å². The summed E-state index contributed by atoms with van der Waals surface area (Å²) in [6, 6.07) is 8.41. The van der Waals surface area contributed by atoms with E-state index in [0.717, 1.165) is 42.7 Å². The molecule has 1 aromatic carbocycles. The highest BCUT2D eigenvalue weighted by Crippen LogP contribution is 2.31. The maximum atomic E-state index is 5.75. The summed E-state index contributed by atoms with van der Waals surface area (Å²) in [4.78, 5) is 4.79. The van der Waals surface area contributed by atoms with Gasteiger partial charge in [-0.1, -0.05) is 18.2 Å². The van der Waals surface area contributed by atoms with Gasteiger partial charge in [-0.15, -0.1) is 0 Å². The summed E-state index contributed by atoms with van der Waals surface area (Å²) in [6.45, 7) is 8.35. The molecule has 6 nitrogen and oxygen atoms in total. The van der Waals surface area contributed by atoms with E-state index in [-0.39, 0.29) is 6.04 Å². The highest BCUT2D eigenvalue weighted by Gasteiger charge is 2.21. The zero-order valence-corrected chi connectivity index (χ0v) is 15.5. The number of guanidine groups is 1. The molecule has 134 valence electrons. The molecule has 1 aliphatic rings. The lowest BCUT2D eigenvalue weighted by atomic mass is 10.0. The van der Waals surface area contributed by atoms with E-state index in [1.807, 2.05) is 30.8 Å². The van der Waals surface area contributed by atoms with Crippen molar-refractivity contribution in [2.75, 3.05) is 13.2 Å². The quantitative estimate of drug-likeness (QED) is 0.663. The second-order valence-electron chi connectivity index (χ2n) is 6.34. The Kier molecular flexibility index (Phi) is 5.26. The Hall–Kier alpha value is -2.50. The van der Waals surface area contributed by atoms with Crippen molar-refractivity contribution in [1.82, 2.24) is 20.4 Å². The van der Waals surface area contributed by atoms with E-state index in [4.69, 9.17) is 9.73 Å². The summed E-state index contributed by atoms with van der Waals surface area (Å²) in [6.07, 6.45) is 0.923. The summed E-state index contributed by atoms with van der Waals surface area (Å²) in [5, 5.41) is 11.4. The Balaban J connectivity index is 1.78. The first kappa shape index (κ1) is 17.3. The molecule has 25 heavy (non-hydrogen) atoms. The Morgan fingerprint density at radius 3 is 2.88 bits per heavy atom. The maximum Gasteiger partial charge on any atom is 0.192 e. The van der Waals surface area contributed by atoms with Crippen LogP contribution in [0.25, 0.3) is 0 Å². The minimum Gasteiger partial charge on any atom is -0.493 e. The molecule has 0 saturated heterocycles. The third kappa shape index (κ3) is 3.78. The average Bonchev–Trinajstić information content (AvgIpc) is 2.85. The molecule has 3 rings (SSSR count). The Bertz CT molecular complexity index is 765. The van der Waals surface area contributed by atoms with Crippen LogP contribution < -0.4 is 15.4 Å². The highest BCUT2D eigenvalue weighted by atomic mass is 16.5. The number of para-hydroxylation sites is 1. The van der Waals surface area contributed by atoms with Gasteiger partial charge in [-0.2, -0.15) is 5.10 Å². The molecule has 0 amide bonds. The Morgan fingerprint density at radius 1 is 1.36 bits per heavy atom. The van der Waals surface area contributed by atoms with Gasteiger partial charge >= 0.3 is 0 Å². The van der Waals surface area contributed by atoms with E-state index < -0.39 is 0 Å². The molecule has 0 bridgehead atoms. The van der Waals surface area contributed by atoms with E-state index in [1.54, 1.807) is 0 Å². The number of fused-ring (bicyclic) bond motifs is 1. The number of benzene rings is 1. The molecule has 0 aliphatic carbocycles. The second-order valence-corrected chi connectivity index (χ2v) is 6.34. The van der Waals surface area contributed by atoms with Crippen LogP contribution in [0.1, 0.15) is 41.9 Å². The van der Waals surface area contributed by atoms with Crippen LogP contribution >= 0.6 is 0 Å². The molecule has 1 aromatic heterocycles. The van der Waals surface area contributed by atoms with Crippen molar-refractivity contribution in [1.29, 1.82) is 0 Å². The lowest BCUT2D eigenvalue weighted by molar-refractivity contribution is 0.261. The molecule has 2 heterocycles. The Morgan fingerprint density at radius 2 is 2.16 bits per heavy atom. The predicted octanol–water partition coefficient (Wildman–Crippen LogP) is 2.62. The maximum absolute atomic E-state index is 5.75. The molecule has 0 saturated carbocycles. The van der Waals surface area contributed by atoms with Gasteiger partial charge < -0.3 is 15.4 Å². The third-order valence-corrected chi connectivity index (χ3v) is 4.67. The van der Waals surface area contributed by atoms with Gasteiger partial charge in [0.15, 0.2) is 5.96 Å². The number of nitrogens with one attached hydrogen (secondary N) is 2. The molecule has 1 aliphatic heterocycles. The fraction of sp³-hybridized carbons (Fsp3) is 0.474. The van der Waals surface area contributed by atoms with E-state index in [9.17, 15) is 0 Å². The van der Waals surface area contributed by atoms with Gasteiger partial charge in [0.05, 0.1) is 24.9 Å². The van der Waals surface area contributed by atoms with Crippen molar-refractivity contribution in [3.63, 3.8) is 0 Å². The minimum atomic E-state index is 0.207. The number of ether oxygens (including phenoxy) is 1. The van der Waals surface area contributed by atoms with Crippen LogP contribution in [-0.2, 0) is 13.6 Å². The molecule has 1 unspecified atom stereocenters. The van der Waals surface area contributed by atoms with Crippen molar-refractivity contribution < 1.29 is 4.74 Å². The molecule has 6 heteroatoms. The summed E-state index contributed by atoms with van der Waals surface area (Å²) < 4.78 is 7.66. The van der Waals surface area contributed by atoms with Crippen molar-refractivity contribution in [2.45, 2.75) is 39.8 Å². The summed E-state index contributed by atoms with van der Waals surface area (Å²) >= 11 is 0. The van der Waals surface area contributed by atoms with Crippen LogP contribution in [0.3, 0.4) is 0 Å². The molecular formula is C19H27N5O. The van der Waals surface area contributed by atoms with Crippen LogP contribution in [0.5, 0.6) is 5.75 Å². The summed E-state index contributed by atoms with van der Waals surface area (Å²) in [5.41, 5.74) is 4.57. The molecule has 0 spiro atoms. The van der Waals surface area contributed by atoms with Crippen LogP contribution in [0.15, 0.2) is 29.3 Å². The SMILES string of the molecule is CCNC(=NCc1c(C)nn(C)c1C)NC1CCOc2ccccc21. The number of nitrogens with zero attached hydrogens (tertiary/aromatic N) is 3. The van der Waals surface area contributed by atoms with Gasteiger partial charge in [0.2, 0.25) is 0 Å². The zero-order valence-electron chi connectivity index (χ0n) is 15.5. The van der Waals surface area contributed by atoms with Crippen LogP contribution in [-0.4, -0.2) is 28.9 Å². The number of hydrogen-bond acceptors (Lipinski definition) is 3. The van der Waals surface area contributed by atoms with E-state index >= 15 is 0 Å².